The van der Waals surface area contributed by atoms with Crippen LogP contribution in [-0.2, 0) is 0 Å². The molecule has 0 saturated carbocycles. The van der Waals surface area contributed by atoms with Gasteiger partial charge in [0, 0.05) is 31.4 Å². The van der Waals surface area contributed by atoms with Gasteiger partial charge >= 0.3 is 0 Å². The van der Waals surface area contributed by atoms with E-state index in [4.69, 9.17) is 21.1 Å². The maximum Gasteiger partial charge on any atom is 0.259 e. The topological polar surface area (TPSA) is 63.7 Å². The standard InChI is InChI=1S/C19H20ClN3O3/c20-14-11-16-17(26-10-9-25-16)12-15(14)22-19(24)13-5-4-6-21-18(13)23-7-2-1-3-8-23/h4-6,11-12H,1-3,7-10H2,(H,22,24). The van der Waals surface area contributed by atoms with Crippen molar-refractivity contribution in [1.29, 1.82) is 0 Å². The van der Waals surface area contributed by atoms with Crippen molar-refractivity contribution in [3.63, 3.8) is 0 Å². The molecule has 2 aliphatic rings. The third-order valence-corrected chi connectivity index (χ3v) is 4.88. The van der Waals surface area contributed by atoms with E-state index in [0.717, 1.165) is 31.7 Å². The van der Waals surface area contributed by atoms with Gasteiger partial charge in [-0.05, 0) is 31.4 Å². The first-order valence-electron chi connectivity index (χ1n) is 8.83. The highest BCUT2D eigenvalue weighted by molar-refractivity contribution is 6.34. The highest BCUT2D eigenvalue weighted by Crippen LogP contribution is 2.38. The Balaban J connectivity index is 1.59. The number of amides is 1. The molecule has 26 heavy (non-hydrogen) atoms. The molecule has 0 bridgehead atoms. The Morgan fingerprint density at radius 1 is 1.12 bits per heavy atom. The number of pyridine rings is 1. The minimum Gasteiger partial charge on any atom is -0.486 e. The average molecular weight is 374 g/mol. The van der Waals surface area contributed by atoms with Gasteiger partial charge in [-0.1, -0.05) is 11.6 Å². The summed E-state index contributed by atoms with van der Waals surface area (Å²) in [6.45, 7) is 2.80. The Labute approximate surface area is 157 Å². The lowest BCUT2D eigenvalue weighted by Gasteiger charge is -2.29. The van der Waals surface area contributed by atoms with Gasteiger partial charge in [0.1, 0.15) is 19.0 Å². The van der Waals surface area contributed by atoms with Crippen molar-refractivity contribution >= 4 is 29.0 Å². The van der Waals surface area contributed by atoms with Gasteiger partial charge in [0.15, 0.2) is 11.5 Å². The molecule has 2 aromatic rings. The van der Waals surface area contributed by atoms with Crippen molar-refractivity contribution in [1.82, 2.24) is 4.98 Å². The Bertz CT molecular complexity index is 822. The molecule has 0 atom stereocenters. The quantitative estimate of drug-likeness (QED) is 0.887. The zero-order chi connectivity index (χ0) is 17.9. The van der Waals surface area contributed by atoms with Gasteiger partial charge in [-0.15, -0.1) is 0 Å². The summed E-state index contributed by atoms with van der Waals surface area (Å²) in [5, 5.41) is 3.29. The molecule has 1 aromatic heterocycles. The number of nitrogens with zero attached hydrogens (tertiary/aromatic N) is 2. The molecular formula is C19H20ClN3O3. The van der Waals surface area contributed by atoms with E-state index in [9.17, 15) is 4.79 Å². The van der Waals surface area contributed by atoms with Crippen LogP contribution < -0.4 is 19.7 Å². The molecule has 0 aliphatic carbocycles. The molecule has 1 amide bonds. The van der Waals surface area contributed by atoms with Gasteiger partial charge < -0.3 is 19.7 Å². The summed E-state index contributed by atoms with van der Waals surface area (Å²) in [6, 6.07) is 6.93. The van der Waals surface area contributed by atoms with Crippen LogP contribution >= 0.6 is 11.6 Å². The number of piperidine rings is 1. The van der Waals surface area contributed by atoms with Gasteiger partial charge in [0.25, 0.3) is 5.91 Å². The van der Waals surface area contributed by atoms with Crippen molar-refractivity contribution in [2.75, 3.05) is 36.5 Å². The van der Waals surface area contributed by atoms with E-state index >= 15 is 0 Å². The number of carbonyl (C=O) groups excluding carboxylic acids is 1. The summed E-state index contributed by atoms with van der Waals surface area (Å²) < 4.78 is 11.1. The second kappa shape index (κ2) is 7.41. The smallest absolute Gasteiger partial charge is 0.259 e. The van der Waals surface area contributed by atoms with Gasteiger partial charge in [0.05, 0.1) is 16.3 Å². The van der Waals surface area contributed by atoms with Crippen molar-refractivity contribution in [3.8, 4) is 11.5 Å². The lowest BCUT2D eigenvalue weighted by molar-refractivity contribution is 0.102. The van der Waals surface area contributed by atoms with E-state index in [1.165, 1.54) is 6.42 Å². The predicted octanol–water partition coefficient (Wildman–Crippen LogP) is 3.75. The second-order valence-corrected chi connectivity index (χ2v) is 6.76. The second-order valence-electron chi connectivity index (χ2n) is 6.35. The third kappa shape index (κ3) is 3.42. The predicted molar refractivity (Wildman–Crippen MR) is 101 cm³/mol. The largest absolute Gasteiger partial charge is 0.486 e. The molecule has 3 heterocycles. The van der Waals surface area contributed by atoms with Crippen molar-refractivity contribution in [2.45, 2.75) is 19.3 Å². The number of ether oxygens (including phenoxy) is 2. The molecule has 4 rings (SSSR count). The summed E-state index contributed by atoms with van der Waals surface area (Å²) in [7, 11) is 0. The fourth-order valence-electron chi connectivity index (χ4n) is 3.28. The van der Waals surface area contributed by atoms with Crippen LogP contribution in [0, 0.1) is 0 Å². The number of aromatic nitrogens is 1. The Kier molecular flexibility index (Phi) is 4.84. The number of rotatable bonds is 3. The maximum absolute atomic E-state index is 12.9. The number of hydrogen-bond acceptors (Lipinski definition) is 5. The van der Waals surface area contributed by atoms with Gasteiger partial charge in [-0.3, -0.25) is 4.79 Å². The monoisotopic (exact) mass is 373 g/mol. The minimum atomic E-state index is -0.239. The number of halogens is 1. The molecule has 6 nitrogen and oxygen atoms in total. The van der Waals surface area contributed by atoms with Gasteiger partial charge in [0.2, 0.25) is 0 Å². The zero-order valence-corrected chi connectivity index (χ0v) is 15.1. The highest BCUT2D eigenvalue weighted by Gasteiger charge is 2.21. The first kappa shape index (κ1) is 17.0. The third-order valence-electron chi connectivity index (χ3n) is 4.57. The van der Waals surface area contributed by atoms with Crippen LogP contribution in [0.25, 0.3) is 0 Å². The lowest BCUT2D eigenvalue weighted by atomic mass is 10.1. The van der Waals surface area contributed by atoms with E-state index in [1.807, 2.05) is 0 Å². The Morgan fingerprint density at radius 3 is 2.62 bits per heavy atom. The number of benzene rings is 1. The highest BCUT2D eigenvalue weighted by atomic mass is 35.5. The van der Waals surface area contributed by atoms with E-state index in [-0.39, 0.29) is 5.91 Å². The van der Waals surface area contributed by atoms with E-state index < -0.39 is 0 Å². The summed E-state index contributed by atoms with van der Waals surface area (Å²) >= 11 is 6.30. The first-order valence-corrected chi connectivity index (χ1v) is 9.20. The zero-order valence-electron chi connectivity index (χ0n) is 14.3. The molecule has 0 spiro atoms. The molecule has 1 fully saturated rings. The number of carbonyl (C=O) groups is 1. The van der Waals surface area contributed by atoms with Crippen LogP contribution in [0.2, 0.25) is 5.02 Å². The van der Waals surface area contributed by atoms with E-state index in [2.05, 4.69) is 15.2 Å². The van der Waals surface area contributed by atoms with Crippen LogP contribution in [0.3, 0.4) is 0 Å². The summed E-state index contributed by atoms with van der Waals surface area (Å²) in [6.07, 6.45) is 5.17. The van der Waals surface area contributed by atoms with Crippen LogP contribution in [0.1, 0.15) is 29.6 Å². The Morgan fingerprint density at radius 2 is 1.85 bits per heavy atom. The van der Waals surface area contributed by atoms with Crippen molar-refractivity contribution in [3.05, 3.63) is 41.0 Å². The first-order chi connectivity index (χ1) is 12.7. The number of hydrogen-bond donors (Lipinski definition) is 1. The molecule has 136 valence electrons. The SMILES string of the molecule is O=C(Nc1cc2c(cc1Cl)OCCO2)c1cccnc1N1CCCCC1. The Hall–Kier alpha value is -2.47. The summed E-state index contributed by atoms with van der Waals surface area (Å²) in [5.41, 5.74) is 1.04. The molecule has 7 heteroatoms. The average Bonchev–Trinajstić information content (AvgIpc) is 2.69. The molecular weight excluding hydrogens is 354 g/mol. The maximum atomic E-state index is 12.9. The normalized spacial score (nSPS) is 16.3. The van der Waals surface area contributed by atoms with E-state index in [1.54, 1.807) is 30.5 Å². The van der Waals surface area contributed by atoms with Crippen LogP contribution in [0.5, 0.6) is 11.5 Å². The number of fused-ring (bicyclic) bond motifs is 1. The van der Waals surface area contributed by atoms with Gasteiger partial charge in [-0.2, -0.15) is 0 Å². The molecule has 0 unspecified atom stereocenters. The van der Waals surface area contributed by atoms with Gasteiger partial charge in [-0.25, -0.2) is 4.98 Å². The van der Waals surface area contributed by atoms with Crippen molar-refractivity contribution in [2.24, 2.45) is 0 Å². The summed E-state index contributed by atoms with van der Waals surface area (Å²) in [4.78, 5) is 19.5. The molecule has 1 saturated heterocycles. The van der Waals surface area contributed by atoms with Crippen molar-refractivity contribution < 1.29 is 14.3 Å². The minimum absolute atomic E-state index is 0.239. The molecule has 1 N–H and O–H groups in total. The molecule has 1 aromatic carbocycles. The fourth-order valence-corrected chi connectivity index (χ4v) is 3.48. The van der Waals surface area contributed by atoms with Crippen LogP contribution in [0.15, 0.2) is 30.5 Å². The lowest BCUT2D eigenvalue weighted by Crippen LogP contribution is -2.32. The van der Waals surface area contributed by atoms with Crippen LogP contribution in [-0.4, -0.2) is 37.2 Å². The number of anilines is 2. The van der Waals surface area contributed by atoms with Crippen LogP contribution in [0.4, 0.5) is 11.5 Å². The molecule has 2 aliphatic heterocycles. The number of nitrogens with one attached hydrogen (secondary N) is 1. The van der Waals surface area contributed by atoms with E-state index in [0.29, 0.717) is 41.0 Å². The fraction of sp³-hybridized carbons (Fsp3) is 0.368. The summed E-state index contributed by atoms with van der Waals surface area (Å²) in [5.74, 6) is 1.66. The molecule has 0 radical (unpaired) electrons.